The van der Waals surface area contributed by atoms with Crippen LogP contribution in [0, 0.1) is 0 Å². The highest BCUT2D eigenvalue weighted by molar-refractivity contribution is 5.85. The summed E-state index contributed by atoms with van der Waals surface area (Å²) >= 11 is 0. The molecule has 0 saturated heterocycles. The van der Waals surface area contributed by atoms with Gasteiger partial charge in [0.25, 0.3) is 6.43 Å². The van der Waals surface area contributed by atoms with Crippen molar-refractivity contribution in [3.05, 3.63) is 29.3 Å². The minimum absolute atomic E-state index is 0. The first-order valence-corrected chi connectivity index (χ1v) is 4.19. The molecule has 0 aromatic heterocycles. The number of halogens is 3. The Morgan fingerprint density at radius 1 is 1.07 bits per heavy atom. The summed E-state index contributed by atoms with van der Waals surface area (Å²) in [6.07, 6.45) is -2.44. The van der Waals surface area contributed by atoms with Crippen LogP contribution in [0.3, 0.4) is 0 Å². The number of anilines is 1. The Labute approximate surface area is 88.7 Å². The first-order valence-electron chi connectivity index (χ1n) is 4.19. The standard InChI is InChI=1S/C10H13F2N.ClH/c1-6(2)7-3-8(10(11)12)5-9(13)4-7;/h3-6,10H,13H2,1-2H3;1H. The van der Waals surface area contributed by atoms with E-state index >= 15 is 0 Å². The van der Waals surface area contributed by atoms with Crippen LogP contribution in [-0.4, -0.2) is 0 Å². The van der Waals surface area contributed by atoms with Gasteiger partial charge in [-0.3, -0.25) is 0 Å². The van der Waals surface area contributed by atoms with Crippen molar-refractivity contribution in [3.8, 4) is 0 Å². The highest BCUT2D eigenvalue weighted by Crippen LogP contribution is 2.26. The van der Waals surface area contributed by atoms with Crippen LogP contribution in [0.5, 0.6) is 0 Å². The fourth-order valence-electron chi connectivity index (χ4n) is 1.16. The molecule has 0 atom stereocenters. The van der Waals surface area contributed by atoms with Crippen LogP contribution >= 0.6 is 12.4 Å². The third-order valence-corrected chi connectivity index (χ3v) is 1.92. The molecule has 0 aliphatic rings. The predicted octanol–water partition coefficient (Wildman–Crippen LogP) is 3.75. The van der Waals surface area contributed by atoms with E-state index in [4.69, 9.17) is 5.73 Å². The Morgan fingerprint density at radius 2 is 1.57 bits per heavy atom. The van der Waals surface area contributed by atoms with Gasteiger partial charge in [-0.2, -0.15) is 0 Å². The Hall–Kier alpha value is -0.830. The molecule has 1 aromatic carbocycles. The van der Waals surface area contributed by atoms with Crippen molar-refractivity contribution in [2.24, 2.45) is 0 Å². The van der Waals surface area contributed by atoms with E-state index in [0.717, 1.165) is 5.56 Å². The number of hydrogen-bond donors (Lipinski definition) is 1. The van der Waals surface area contributed by atoms with Crippen LogP contribution in [0.25, 0.3) is 0 Å². The molecular weight excluding hydrogens is 208 g/mol. The zero-order valence-corrected chi connectivity index (χ0v) is 8.94. The lowest BCUT2D eigenvalue weighted by Gasteiger charge is -2.09. The maximum atomic E-state index is 12.3. The molecule has 1 aromatic rings. The second kappa shape index (κ2) is 5.15. The summed E-state index contributed by atoms with van der Waals surface area (Å²) in [4.78, 5) is 0. The van der Waals surface area contributed by atoms with E-state index in [9.17, 15) is 8.78 Å². The van der Waals surface area contributed by atoms with Crippen molar-refractivity contribution in [1.29, 1.82) is 0 Å². The van der Waals surface area contributed by atoms with E-state index in [0.29, 0.717) is 5.69 Å². The van der Waals surface area contributed by atoms with Gasteiger partial charge in [-0.15, -0.1) is 12.4 Å². The summed E-state index contributed by atoms with van der Waals surface area (Å²) in [6, 6.07) is 4.55. The average molecular weight is 222 g/mol. The van der Waals surface area contributed by atoms with E-state index in [-0.39, 0.29) is 23.9 Å². The van der Waals surface area contributed by atoms with Crippen LogP contribution in [-0.2, 0) is 0 Å². The van der Waals surface area contributed by atoms with E-state index in [2.05, 4.69) is 0 Å². The molecule has 0 spiro atoms. The largest absolute Gasteiger partial charge is 0.399 e. The lowest BCUT2D eigenvalue weighted by Crippen LogP contribution is -1.95. The monoisotopic (exact) mass is 221 g/mol. The third kappa shape index (κ3) is 3.14. The molecule has 14 heavy (non-hydrogen) atoms. The lowest BCUT2D eigenvalue weighted by atomic mass is 10.00. The van der Waals surface area contributed by atoms with E-state index in [1.54, 1.807) is 6.07 Å². The van der Waals surface area contributed by atoms with Crippen LogP contribution < -0.4 is 5.73 Å². The molecule has 0 radical (unpaired) electrons. The van der Waals surface area contributed by atoms with Crippen LogP contribution in [0.1, 0.15) is 37.3 Å². The van der Waals surface area contributed by atoms with Gasteiger partial charge in [-0.05, 0) is 29.7 Å². The molecule has 0 fully saturated rings. The molecule has 1 nitrogen and oxygen atoms in total. The van der Waals surface area contributed by atoms with Gasteiger partial charge in [-0.25, -0.2) is 8.78 Å². The van der Waals surface area contributed by atoms with Crippen LogP contribution in [0.2, 0.25) is 0 Å². The molecule has 2 N–H and O–H groups in total. The van der Waals surface area contributed by atoms with Crippen molar-refractivity contribution in [1.82, 2.24) is 0 Å². The Balaban J connectivity index is 0.00000169. The van der Waals surface area contributed by atoms with Crippen molar-refractivity contribution in [3.63, 3.8) is 0 Å². The minimum Gasteiger partial charge on any atom is -0.399 e. The first kappa shape index (κ1) is 13.2. The second-order valence-corrected chi connectivity index (χ2v) is 3.39. The minimum atomic E-state index is -2.44. The molecule has 80 valence electrons. The molecule has 0 bridgehead atoms. The smallest absolute Gasteiger partial charge is 0.263 e. The molecular formula is C10H14ClF2N. The van der Waals surface area contributed by atoms with Crippen molar-refractivity contribution in [2.45, 2.75) is 26.2 Å². The fraction of sp³-hybridized carbons (Fsp3) is 0.400. The summed E-state index contributed by atoms with van der Waals surface area (Å²) in [5, 5.41) is 0. The van der Waals surface area contributed by atoms with Crippen molar-refractivity contribution >= 4 is 18.1 Å². The molecule has 0 amide bonds. The highest BCUT2D eigenvalue weighted by Gasteiger charge is 2.10. The number of alkyl halides is 2. The van der Waals surface area contributed by atoms with E-state index < -0.39 is 6.43 Å². The normalized spacial score (nSPS) is 10.4. The predicted molar refractivity (Wildman–Crippen MR) is 57.1 cm³/mol. The summed E-state index contributed by atoms with van der Waals surface area (Å²) in [5.74, 6) is 0.223. The van der Waals surface area contributed by atoms with Gasteiger partial charge < -0.3 is 5.73 Å². The maximum absolute atomic E-state index is 12.3. The number of nitrogen functional groups attached to an aromatic ring is 1. The Kier molecular flexibility index (Phi) is 4.85. The summed E-state index contributed by atoms with van der Waals surface area (Å²) < 4.78 is 24.7. The van der Waals surface area contributed by atoms with Gasteiger partial charge in [0.1, 0.15) is 0 Å². The van der Waals surface area contributed by atoms with Gasteiger partial charge in [0.15, 0.2) is 0 Å². The van der Waals surface area contributed by atoms with Crippen LogP contribution in [0.15, 0.2) is 18.2 Å². The number of benzene rings is 1. The number of nitrogens with two attached hydrogens (primary N) is 1. The van der Waals surface area contributed by atoms with E-state index in [1.807, 2.05) is 13.8 Å². The molecule has 0 aliphatic carbocycles. The van der Waals surface area contributed by atoms with Gasteiger partial charge in [-0.1, -0.05) is 13.8 Å². The van der Waals surface area contributed by atoms with Gasteiger partial charge >= 0.3 is 0 Å². The van der Waals surface area contributed by atoms with Gasteiger partial charge in [0.05, 0.1) is 0 Å². The second-order valence-electron chi connectivity index (χ2n) is 3.39. The van der Waals surface area contributed by atoms with E-state index in [1.165, 1.54) is 12.1 Å². The Morgan fingerprint density at radius 3 is 2.00 bits per heavy atom. The molecule has 4 heteroatoms. The molecule has 1 rings (SSSR count). The zero-order valence-electron chi connectivity index (χ0n) is 8.13. The first-order chi connectivity index (χ1) is 6.00. The summed E-state index contributed by atoms with van der Waals surface area (Å²) in [5.41, 5.74) is 6.77. The summed E-state index contributed by atoms with van der Waals surface area (Å²) in [7, 11) is 0. The zero-order chi connectivity index (χ0) is 10.0. The SMILES string of the molecule is CC(C)c1cc(N)cc(C(F)F)c1.Cl. The molecule has 0 unspecified atom stereocenters. The Bertz CT molecular complexity index is 274. The van der Waals surface area contributed by atoms with Crippen LogP contribution in [0.4, 0.5) is 14.5 Å². The quantitative estimate of drug-likeness (QED) is 0.757. The average Bonchev–Trinajstić information content (AvgIpc) is 2.03. The maximum Gasteiger partial charge on any atom is 0.263 e. The fourth-order valence-corrected chi connectivity index (χ4v) is 1.16. The number of hydrogen-bond acceptors (Lipinski definition) is 1. The van der Waals surface area contributed by atoms with Crippen molar-refractivity contribution < 1.29 is 8.78 Å². The van der Waals surface area contributed by atoms with Crippen molar-refractivity contribution in [2.75, 3.05) is 5.73 Å². The lowest BCUT2D eigenvalue weighted by molar-refractivity contribution is 0.151. The molecule has 0 heterocycles. The number of rotatable bonds is 2. The summed E-state index contributed by atoms with van der Waals surface area (Å²) in [6.45, 7) is 3.90. The molecule has 0 saturated carbocycles. The van der Waals surface area contributed by atoms with Gasteiger partial charge in [0, 0.05) is 11.3 Å². The highest BCUT2D eigenvalue weighted by atomic mass is 35.5. The topological polar surface area (TPSA) is 26.0 Å². The van der Waals surface area contributed by atoms with Gasteiger partial charge in [0.2, 0.25) is 0 Å². The third-order valence-electron chi connectivity index (χ3n) is 1.92. The molecule has 0 aliphatic heterocycles.